The van der Waals surface area contributed by atoms with Crippen LogP contribution in [0.15, 0.2) is 48.5 Å². The number of para-hydroxylation sites is 1. The number of carbonyl (C=O) groups excluding carboxylic acids is 2. The quantitative estimate of drug-likeness (QED) is 0.930. The molecule has 1 N–H and O–H groups in total. The predicted octanol–water partition coefficient (Wildman–Crippen LogP) is 1.90. The summed E-state index contributed by atoms with van der Waals surface area (Å²) in [6.45, 7) is 0.104. The number of nitrogens with one attached hydrogen (secondary N) is 1. The fraction of sp³-hybridized carbons (Fsp3) is 0.211. The van der Waals surface area contributed by atoms with Crippen LogP contribution in [0.25, 0.3) is 0 Å². The van der Waals surface area contributed by atoms with Gasteiger partial charge in [0, 0.05) is 14.1 Å². The maximum absolute atomic E-state index is 12.8. The second-order valence-corrected chi connectivity index (χ2v) is 5.85. The monoisotopic (exact) mass is 334 g/mol. The van der Waals surface area contributed by atoms with Crippen LogP contribution in [0.5, 0.6) is 0 Å². The van der Waals surface area contributed by atoms with Gasteiger partial charge in [-0.1, -0.05) is 24.3 Å². The molecule has 0 fully saturated rings. The highest BCUT2D eigenvalue weighted by Gasteiger charge is 2.37. The van der Waals surface area contributed by atoms with Crippen molar-refractivity contribution in [3.05, 3.63) is 65.2 Å². The molecule has 25 heavy (non-hydrogen) atoms. The third kappa shape index (κ3) is 2.92. The number of likely N-dealkylation sites (N-methyl/N-ethyl adjacent to an activating group) is 1. The minimum Gasteiger partial charge on any atom is -0.358 e. The fourth-order valence-corrected chi connectivity index (χ4v) is 3.12. The molecule has 0 spiro atoms. The maximum Gasteiger partial charge on any atom is 0.257 e. The third-order valence-electron chi connectivity index (χ3n) is 4.33. The number of benzene rings is 2. The van der Waals surface area contributed by atoms with Gasteiger partial charge in [0.25, 0.3) is 5.91 Å². The van der Waals surface area contributed by atoms with Crippen molar-refractivity contribution in [2.75, 3.05) is 25.5 Å². The zero-order chi connectivity index (χ0) is 18.0. The van der Waals surface area contributed by atoms with Crippen LogP contribution in [-0.4, -0.2) is 37.4 Å². The largest absolute Gasteiger partial charge is 0.358 e. The van der Waals surface area contributed by atoms with Crippen LogP contribution in [0.3, 0.4) is 0 Å². The first-order valence-electron chi connectivity index (χ1n) is 7.90. The summed E-state index contributed by atoms with van der Waals surface area (Å²) in [5.74, 6) is -0.268. The molecule has 0 radical (unpaired) electrons. The summed E-state index contributed by atoms with van der Waals surface area (Å²) in [5.41, 5.74) is 2.56. The summed E-state index contributed by atoms with van der Waals surface area (Å²) in [5, 5.41) is 11.8. The first-order valence-corrected chi connectivity index (χ1v) is 7.90. The first kappa shape index (κ1) is 16.5. The van der Waals surface area contributed by atoms with E-state index in [0.717, 1.165) is 5.56 Å². The minimum atomic E-state index is -0.465. The van der Waals surface area contributed by atoms with E-state index in [1.165, 1.54) is 0 Å². The molecule has 0 saturated heterocycles. The number of nitrogens with zero attached hydrogens (tertiary/aromatic N) is 3. The Morgan fingerprint density at radius 1 is 1.24 bits per heavy atom. The van der Waals surface area contributed by atoms with Crippen LogP contribution in [0, 0.1) is 11.3 Å². The van der Waals surface area contributed by atoms with Gasteiger partial charge in [0.1, 0.15) is 6.17 Å². The number of amides is 2. The van der Waals surface area contributed by atoms with Gasteiger partial charge < -0.3 is 15.1 Å². The standard InChI is InChI=1S/C19H18N4O2/c1-21-17(24)12-23-16-9-4-3-8-15(16)19(25)22(2)18(23)14-7-5-6-13(10-14)11-20/h3-10,18H,12H2,1-2H3,(H,21,24). The van der Waals surface area contributed by atoms with Gasteiger partial charge in [0.15, 0.2) is 0 Å². The average molecular weight is 334 g/mol. The van der Waals surface area contributed by atoms with E-state index in [9.17, 15) is 14.9 Å². The van der Waals surface area contributed by atoms with Crippen molar-refractivity contribution >= 4 is 17.5 Å². The molecule has 1 aliphatic rings. The molecular formula is C19H18N4O2. The van der Waals surface area contributed by atoms with E-state index in [0.29, 0.717) is 16.8 Å². The smallest absolute Gasteiger partial charge is 0.257 e. The van der Waals surface area contributed by atoms with E-state index >= 15 is 0 Å². The van der Waals surface area contributed by atoms with Crippen LogP contribution in [0.1, 0.15) is 27.7 Å². The number of carbonyl (C=O) groups is 2. The zero-order valence-corrected chi connectivity index (χ0v) is 14.1. The van der Waals surface area contributed by atoms with Gasteiger partial charge in [-0.25, -0.2) is 0 Å². The van der Waals surface area contributed by atoms with Crippen molar-refractivity contribution in [3.63, 3.8) is 0 Å². The SMILES string of the molecule is CNC(=O)CN1c2ccccc2C(=O)N(C)C1c1cccc(C#N)c1. The van der Waals surface area contributed by atoms with Crippen molar-refractivity contribution in [3.8, 4) is 6.07 Å². The van der Waals surface area contributed by atoms with Crippen molar-refractivity contribution in [2.24, 2.45) is 0 Å². The van der Waals surface area contributed by atoms with Crippen LogP contribution in [0.2, 0.25) is 0 Å². The Labute approximate surface area is 146 Å². The molecule has 1 unspecified atom stereocenters. The Morgan fingerprint density at radius 2 is 2.00 bits per heavy atom. The number of hydrogen-bond acceptors (Lipinski definition) is 4. The molecule has 0 aromatic heterocycles. The molecule has 1 heterocycles. The Bertz CT molecular complexity index is 872. The Hall–Kier alpha value is -3.33. The van der Waals surface area contributed by atoms with E-state index in [1.807, 2.05) is 23.1 Å². The molecule has 2 amide bonds. The molecule has 0 aliphatic carbocycles. The number of hydrogen-bond donors (Lipinski definition) is 1. The Kier molecular flexibility index (Phi) is 4.40. The Balaban J connectivity index is 2.15. The lowest BCUT2D eigenvalue weighted by Gasteiger charge is -2.44. The van der Waals surface area contributed by atoms with Crippen LogP contribution >= 0.6 is 0 Å². The van der Waals surface area contributed by atoms with E-state index in [2.05, 4.69) is 11.4 Å². The summed E-state index contributed by atoms with van der Waals surface area (Å²) in [6.07, 6.45) is -0.465. The highest BCUT2D eigenvalue weighted by Crippen LogP contribution is 2.37. The molecule has 0 bridgehead atoms. The fourth-order valence-electron chi connectivity index (χ4n) is 3.12. The van der Waals surface area contributed by atoms with E-state index in [-0.39, 0.29) is 18.4 Å². The molecule has 0 saturated carbocycles. The van der Waals surface area contributed by atoms with Crippen molar-refractivity contribution in [1.29, 1.82) is 5.26 Å². The lowest BCUT2D eigenvalue weighted by atomic mass is 10.0. The third-order valence-corrected chi connectivity index (χ3v) is 4.33. The lowest BCUT2D eigenvalue weighted by Crippen LogP contribution is -2.50. The number of rotatable bonds is 3. The van der Waals surface area contributed by atoms with Crippen LogP contribution in [0.4, 0.5) is 5.69 Å². The molecule has 6 heteroatoms. The zero-order valence-electron chi connectivity index (χ0n) is 14.1. The topological polar surface area (TPSA) is 76.4 Å². The molecule has 2 aromatic carbocycles. The summed E-state index contributed by atoms with van der Waals surface area (Å²) < 4.78 is 0. The van der Waals surface area contributed by atoms with Gasteiger partial charge in [0.05, 0.1) is 29.4 Å². The lowest BCUT2D eigenvalue weighted by molar-refractivity contribution is -0.119. The van der Waals surface area contributed by atoms with Crippen molar-refractivity contribution < 1.29 is 9.59 Å². The first-order chi connectivity index (χ1) is 12.1. The predicted molar refractivity (Wildman–Crippen MR) is 93.8 cm³/mol. The summed E-state index contributed by atoms with van der Waals surface area (Å²) in [7, 11) is 3.29. The highest BCUT2D eigenvalue weighted by molar-refractivity contribution is 6.02. The normalized spacial score (nSPS) is 16.2. The summed E-state index contributed by atoms with van der Waals surface area (Å²) in [4.78, 5) is 28.3. The van der Waals surface area contributed by atoms with Crippen LogP contribution < -0.4 is 10.2 Å². The highest BCUT2D eigenvalue weighted by atomic mass is 16.2. The van der Waals surface area contributed by atoms with Crippen molar-refractivity contribution in [2.45, 2.75) is 6.17 Å². The van der Waals surface area contributed by atoms with Gasteiger partial charge in [-0.3, -0.25) is 9.59 Å². The molecule has 1 aliphatic heterocycles. The summed E-state index contributed by atoms with van der Waals surface area (Å²) >= 11 is 0. The molecule has 1 atom stereocenters. The number of anilines is 1. The van der Waals surface area contributed by atoms with Gasteiger partial charge in [0.2, 0.25) is 5.91 Å². The van der Waals surface area contributed by atoms with Gasteiger partial charge in [-0.15, -0.1) is 0 Å². The summed E-state index contributed by atoms with van der Waals surface area (Å²) in [6, 6.07) is 16.5. The molecule has 3 rings (SSSR count). The average Bonchev–Trinajstić information content (AvgIpc) is 2.66. The number of fused-ring (bicyclic) bond motifs is 1. The second-order valence-electron chi connectivity index (χ2n) is 5.85. The van der Waals surface area contributed by atoms with Crippen LogP contribution in [-0.2, 0) is 4.79 Å². The Morgan fingerprint density at radius 3 is 2.72 bits per heavy atom. The van der Waals surface area contributed by atoms with E-state index in [4.69, 9.17) is 0 Å². The van der Waals surface area contributed by atoms with Gasteiger partial charge in [-0.05, 0) is 29.8 Å². The molecule has 6 nitrogen and oxygen atoms in total. The van der Waals surface area contributed by atoms with Gasteiger partial charge >= 0.3 is 0 Å². The van der Waals surface area contributed by atoms with Crippen molar-refractivity contribution in [1.82, 2.24) is 10.2 Å². The number of nitriles is 1. The van der Waals surface area contributed by atoms with E-state index < -0.39 is 6.17 Å². The molecular weight excluding hydrogens is 316 g/mol. The van der Waals surface area contributed by atoms with E-state index in [1.54, 1.807) is 49.3 Å². The van der Waals surface area contributed by atoms with Gasteiger partial charge in [-0.2, -0.15) is 5.26 Å². The molecule has 2 aromatic rings. The molecule has 126 valence electrons. The minimum absolute atomic E-state index is 0.104. The second kappa shape index (κ2) is 6.65. The maximum atomic E-state index is 12.8.